The van der Waals surface area contributed by atoms with Crippen molar-refractivity contribution in [2.24, 2.45) is 5.73 Å². The van der Waals surface area contributed by atoms with Gasteiger partial charge in [0.05, 0.1) is 13.0 Å². The van der Waals surface area contributed by atoms with E-state index in [4.69, 9.17) is 11.0 Å². The summed E-state index contributed by atoms with van der Waals surface area (Å²) in [4.78, 5) is 25.8. The van der Waals surface area contributed by atoms with E-state index < -0.39 is 5.91 Å². The van der Waals surface area contributed by atoms with E-state index in [-0.39, 0.29) is 24.1 Å². The molecular weight excluding hydrogens is 298 g/mol. The highest BCUT2D eigenvalue weighted by molar-refractivity contribution is 5.95. The summed E-state index contributed by atoms with van der Waals surface area (Å²) >= 11 is 0. The Morgan fingerprint density at radius 2 is 2.22 bits per heavy atom. The maximum atomic E-state index is 12.8. The third-order valence-corrected chi connectivity index (χ3v) is 3.67. The molecular formula is C14H14N7O2. The summed E-state index contributed by atoms with van der Waals surface area (Å²) in [5, 5.41) is 16.9. The summed E-state index contributed by atoms with van der Waals surface area (Å²) in [7, 11) is 0. The number of carbonyl (C=O) groups excluding carboxylic acids is 2. The third kappa shape index (κ3) is 2.78. The number of hydrogen-bond acceptors (Lipinski definition) is 5. The Morgan fingerprint density at radius 1 is 1.39 bits per heavy atom. The van der Waals surface area contributed by atoms with Crippen LogP contribution in [-0.4, -0.2) is 42.6 Å². The van der Waals surface area contributed by atoms with Crippen LogP contribution in [0, 0.1) is 17.4 Å². The summed E-state index contributed by atoms with van der Waals surface area (Å²) in [6.07, 6.45) is 2.94. The number of fused-ring (bicyclic) bond motifs is 1. The molecule has 0 unspecified atom stereocenters. The molecule has 0 spiro atoms. The van der Waals surface area contributed by atoms with Crippen molar-refractivity contribution in [3.05, 3.63) is 42.2 Å². The quantitative estimate of drug-likeness (QED) is 0.795. The van der Waals surface area contributed by atoms with Gasteiger partial charge >= 0.3 is 0 Å². The highest BCUT2D eigenvalue weighted by Gasteiger charge is 2.32. The van der Waals surface area contributed by atoms with Gasteiger partial charge in [-0.05, 0) is 12.1 Å². The van der Waals surface area contributed by atoms with Crippen LogP contribution in [0.5, 0.6) is 0 Å². The van der Waals surface area contributed by atoms with E-state index in [2.05, 4.69) is 10.2 Å². The molecule has 3 rings (SSSR count). The van der Waals surface area contributed by atoms with Crippen LogP contribution in [0.15, 0.2) is 24.7 Å². The minimum atomic E-state index is -0.633. The smallest absolute Gasteiger partial charge is 0.252 e. The van der Waals surface area contributed by atoms with Gasteiger partial charge in [0, 0.05) is 19.3 Å². The summed E-state index contributed by atoms with van der Waals surface area (Å²) in [5.74, 6) is -0.298. The third-order valence-electron chi connectivity index (χ3n) is 3.67. The topological polar surface area (TPSA) is 123 Å². The average Bonchev–Trinajstić information content (AvgIpc) is 3.19. The zero-order valence-corrected chi connectivity index (χ0v) is 12.2. The van der Waals surface area contributed by atoms with Crippen LogP contribution < -0.4 is 5.73 Å². The van der Waals surface area contributed by atoms with Gasteiger partial charge in [0.15, 0.2) is 11.9 Å². The average molecular weight is 312 g/mol. The van der Waals surface area contributed by atoms with Gasteiger partial charge in [-0.15, -0.1) is 10.2 Å². The van der Waals surface area contributed by atoms with Gasteiger partial charge in [0.1, 0.15) is 18.1 Å². The van der Waals surface area contributed by atoms with Gasteiger partial charge < -0.3 is 19.8 Å². The Bertz CT molecular complexity index is 785. The second-order valence-corrected chi connectivity index (χ2v) is 5.13. The first kappa shape index (κ1) is 14.8. The SMILES string of the molecule is N#Cc1cccn1[C](CC(N)=O)C(=O)N1CCn2cnnc2C1. The van der Waals surface area contributed by atoms with Gasteiger partial charge in [-0.25, -0.2) is 0 Å². The number of primary amides is 1. The van der Waals surface area contributed by atoms with Crippen molar-refractivity contribution in [1.29, 1.82) is 5.26 Å². The lowest BCUT2D eigenvalue weighted by Gasteiger charge is -2.30. The Labute approximate surface area is 131 Å². The van der Waals surface area contributed by atoms with Crippen molar-refractivity contribution in [1.82, 2.24) is 24.2 Å². The number of aromatic nitrogens is 4. The second kappa shape index (κ2) is 5.92. The zero-order chi connectivity index (χ0) is 16.4. The molecule has 2 amide bonds. The van der Waals surface area contributed by atoms with Gasteiger partial charge in [-0.1, -0.05) is 0 Å². The fraction of sp³-hybridized carbons (Fsp3) is 0.286. The van der Waals surface area contributed by atoms with Crippen LogP contribution in [-0.2, 0) is 22.7 Å². The number of nitrogens with zero attached hydrogens (tertiary/aromatic N) is 6. The molecule has 0 fully saturated rings. The van der Waals surface area contributed by atoms with Gasteiger partial charge in [-0.2, -0.15) is 5.26 Å². The summed E-state index contributed by atoms with van der Waals surface area (Å²) in [6.45, 7) is 1.34. The number of nitrogens with two attached hydrogens (primary N) is 1. The van der Waals surface area contributed by atoms with Crippen LogP contribution in [0.4, 0.5) is 0 Å². The van der Waals surface area contributed by atoms with Gasteiger partial charge in [0.2, 0.25) is 5.91 Å². The van der Waals surface area contributed by atoms with E-state index >= 15 is 0 Å². The molecule has 9 nitrogen and oxygen atoms in total. The number of rotatable bonds is 4. The Morgan fingerprint density at radius 3 is 2.96 bits per heavy atom. The summed E-state index contributed by atoms with van der Waals surface area (Å²) in [6, 6.07) is 5.36. The zero-order valence-electron chi connectivity index (χ0n) is 12.2. The molecule has 0 saturated carbocycles. The number of carbonyl (C=O) groups is 2. The van der Waals surface area contributed by atoms with E-state index in [9.17, 15) is 9.59 Å². The molecule has 9 heteroatoms. The fourth-order valence-corrected chi connectivity index (χ4v) is 2.56. The minimum absolute atomic E-state index is 0.159. The van der Waals surface area contributed by atoms with E-state index in [0.717, 1.165) is 0 Å². The molecule has 0 atom stereocenters. The Balaban J connectivity index is 1.87. The molecule has 0 aliphatic carbocycles. The molecule has 1 aliphatic heterocycles. The maximum Gasteiger partial charge on any atom is 0.252 e. The highest BCUT2D eigenvalue weighted by Crippen LogP contribution is 2.20. The number of amides is 2. The standard InChI is InChI=1S/C14H14N7O2/c15-7-10-2-1-3-21(10)11(6-12(16)22)14(23)19-4-5-20-9-17-18-13(20)8-19/h1-3,9H,4-6,8H2,(H2,16,22). The lowest BCUT2D eigenvalue weighted by Crippen LogP contribution is -2.43. The molecule has 2 aromatic heterocycles. The summed E-state index contributed by atoms with van der Waals surface area (Å²) in [5.41, 5.74) is 5.54. The Kier molecular flexibility index (Phi) is 3.80. The van der Waals surface area contributed by atoms with Crippen LogP contribution in [0.3, 0.4) is 0 Å². The lowest BCUT2D eigenvalue weighted by molar-refractivity contribution is -0.133. The van der Waals surface area contributed by atoms with Crippen LogP contribution in [0.1, 0.15) is 17.9 Å². The molecule has 2 N–H and O–H groups in total. The van der Waals surface area contributed by atoms with E-state index in [1.165, 1.54) is 4.57 Å². The van der Waals surface area contributed by atoms with Crippen molar-refractivity contribution in [2.45, 2.75) is 19.5 Å². The predicted molar refractivity (Wildman–Crippen MR) is 77.0 cm³/mol. The number of nitriles is 1. The van der Waals surface area contributed by atoms with Crippen LogP contribution in [0.25, 0.3) is 0 Å². The molecule has 0 bridgehead atoms. The lowest BCUT2D eigenvalue weighted by atomic mass is 10.1. The molecule has 3 heterocycles. The van der Waals surface area contributed by atoms with E-state index in [0.29, 0.717) is 25.5 Å². The number of hydrogen-bond donors (Lipinski definition) is 1. The fourth-order valence-electron chi connectivity index (χ4n) is 2.56. The maximum absolute atomic E-state index is 12.8. The van der Waals surface area contributed by atoms with Crippen LogP contribution >= 0.6 is 0 Å². The predicted octanol–water partition coefficient (Wildman–Crippen LogP) is -0.751. The molecule has 0 saturated heterocycles. The monoisotopic (exact) mass is 312 g/mol. The molecule has 1 aliphatic rings. The van der Waals surface area contributed by atoms with Gasteiger partial charge in [-0.3, -0.25) is 9.59 Å². The molecule has 2 aromatic rings. The van der Waals surface area contributed by atoms with Crippen molar-refractivity contribution in [3.63, 3.8) is 0 Å². The van der Waals surface area contributed by atoms with Crippen molar-refractivity contribution in [2.75, 3.05) is 6.54 Å². The minimum Gasteiger partial charge on any atom is -0.370 e. The molecule has 23 heavy (non-hydrogen) atoms. The first-order valence-electron chi connectivity index (χ1n) is 6.98. The van der Waals surface area contributed by atoms with Crippen molar-refractivity contribution < 1.29 is 9.59 Å². The normalized spacial score (nSPS) is 13.7. The largest absolute Gasteiger partial charge is 0.370 e. The highest BCUT2D eigenvalue weighted by atomic mass is 16.2. The Hall–Kier alpha value is -3.15. The van der Waals surface area contributed by atoms with E-state index in [1.807, 2.05) is 10.6 Å². The van der Waals surface area contributed by atoms with E-state index in [1.54, 1.807) is 29.6 Å². The van der Waals surface area contributed by atoms with Gasteiger partial charge in [0.25, 0.3) is 5.91 Å². The molecule has 117 valence electrons. The van der Waals surface area contributed by atoms with Crippen molar-refractivity contribution in [3.8, 4) is 6.07 Å². The molecule has 0 aromatic carbocycles. The van der Waals surface area contributed by atoms with Crippen molar-refractivity contribution >= 4 is 11.8 Å². The summed E-state index contributed by atoms with van der Waals surface area (Å²) < 4.78 is 3.28. The first-order chi connectivity index (χ1) is 11.1. The molecule has 1 radical (unpaired) electrons. The van der Waals surface area contributed by atoms with Crippen LogP contribution in [0.2, 0.25) is 0 Å². The second-order valence-electron chi connectivity index (χ2n) is 5.13. The first-order valence-corrected chi connectivity index (χ1v) is 6.98.